The number of carbonyl (C=O) groups is 1. The van der Waals surface area contributed by atoms with Gasteiger partial charge in [-0.3, -0.25) is 4.79 Å². The third-order valence-electron chi connectivity index (χ3n) is 4.46. The van der Waals surface area contributed by atoms with E-state index in [1.165, 1.54) is 51.4 Å². The number of ether oxygens (including phenoxy) is 1. The molecule has 1 heterocycles. The molecule has 1 fully saturated rings. The Bertz CT molecular complexity index is 280. The Kier molecular flexibility index (Phi) is 11.4. The average Bonchev–Trinajstić information content (AvgIpc) is 3.23. The van der Waals surface area contributed by atoms with Crippen LogP contribution in [0.1, 0.15) is 89.9 Å². The molecule has 0 aromatic carbocycles. The summed E-state index contributed by atoms with van der Waals surface area (Å²) in [5.41, 5.74) is 0. The van der Waals surface area contributed by atoms with Crippen molar-refractivity contribution in [3.8, 4) is 0 Å². The first-order valence-electron chi connectivity index (χ1n) is 9.22. The number of aliphatic hydroxyl groups excluding tert-OH is 1. The molecule has 4 nitrogen and oxygen atoms in total. The first-order valence-corrected chi connectivity index (χ1v) is 9.22. The van der Waals surface area contributed by atoms with E-state index in [1.54, 1.807) is 0 Å². The van der Waals surface area contributed by atoms with Crippen molar-refractivity contribution in [2.45, 2.75) is 102 Å². The Labute approximate surface area is 135 Å². The topological polar surface area (TPSA) is 70.1 Å². The number of epoxide rings is 1. The monoisotopic (exact) mass is 314 g/mol. The molecule has 0 spiro atoms. The molecular formula is C18H34O4. The van der Waals surface area contributed by atoms with E-state index in [9.17, 15) is 4.79 Å². The molecule has 0 saturated carbocycles. The lowest BCUT2D eigenvalue weighted by atomic mass is 10.0. The van der Waals surface area contributed by atoms with E-state index < -0.39 is 5.97 Å². The molecule has 4 heteroatoms. The van der Waals surface area contributed by atoms with Crippen LogP contribution in [0, 0.1) is 0 Å². The van der Waals surface area contributed by atoms with E-state index >= 15 is 0 Å². The normalized spacial score (nSPS) is 20.2. The van der Waals surface area contributed by atoms with Crippen molar-refractivity contribution in [2.24, 2.45) is 0 Å². The molecule has 1 saturated heterocycles. The molecule has 2 N–H and O–H groups in total. The van der Waals surface area contributed by atoms with Gasteiger partial charge in [-0.1, -0.05) is 57.8 Å². The van der Waals surface area contributed by atoms with Gasteiger partial charge in [0, 0.05) is 13.0 Å². The van der Waals surface area contributed by atoms with Crippen LogP contribution in [0.4, 0.5) is 0 Å². The maximum atomic E-state index is 10.4. The summed E-state index contributed by atoms with van der Waals surface area (Å²) in [6.45, 7) is 0.331. The number of hydrogen-bond acceptors (Lipinski definition) is 3. The van der Waals surface area contributed by atoms with Crippen LogP contribution in [0.2, 0.25) is 0 Å². The Balaban J connectivity index is 1.76. The summed E-state index contributed by atoms with van der Waals surface area (Å²) in [6, 6.07) is 0. The Morgan fingerprint density at radius 1 is 0.727 bits per heavy atom. The first-order chi connectivity index (χ1) is 10.7. The van der Waals surface area contributed by atoms with E-state index in [0.717, 1.165) is 32.1 Å². The molecule has 0 aromatic rings. The average molecular weight is 314 g/mol. The van der Waals surface area contributed by atoms with E-state index in [4.69, 9.17) is 14.9 Å². The lowest BCUT2D eigenvalue weighted by molar-refractivity contribution is -0.137. The van der Waals surface area contributed by atoms with Crippen molar-refractivity contribution in [2.75, 3.05) is 6.61 Å². The minimum absolute atomic E-state index is 0.313. The fraction of sp³-hybridized carbons (Fsp3) is 0.944. The number of carboxylic acids is 1. The number of aliphatic carboxylic acids is 1. The maximum absolute atomic E-state index is 10.4. The van der Waals surface area contributed by atoms with Gasteiger partial charge in [0.2, 0.25) is 0 Å². The van der Waals surface area contributed by atoms with Gasteiger partial charge >= 0.3 is 5.97 Å². The van der Waals surface area contributed by atoms with Crippen molar-refractivity contribution in [1.82, 2.24) is 0 Å². The van der Waals surface area contributed by atoms with Crippen LogP contribution in [0.25, 0.3) is 0 Å². The summed E-state index contributed by atoms with van der Waals surface area (Å²) < 4.78 is 5.71. The first kappa shape index (κ1) is 19.4. The molecule has 0 aromatic heterocycles. The summed E-state index contributed by atoms with van der Waals surface area (Å²) in [6.07, 6.45) is 16.4. The summed E-state index contributed by atoms with van der Waals surface area (Å²) in [5, 5.41) is 17.2. The van der Waals surface area contributed by atoms with Gasteiger partial charge < -0.3 is 14.9 Å². The van der Waals surface area contributed by atoms with Crippen LogP contribution in [-0.2, 0) is 9.53 Å². The second-order valence-corrected chi connectivity index (χ2v) is 6.55. The van der Waals surface area contributed by atoms with Crippen molar-refractivity contribution in [3.05, 3.63) is 0 Å². The number of carboxylic acid groups (broad SMARTS) is 1. The largest absolute Gasteiger partial charge is 0.481 e. The molecular weight excluding hydrogens is 280 g/mol. The molecule has 1 rings (SSSR count). The van der Waals surface area contributed by atoms with Gasteiger partial charge in [-0.05, 0) is 25.7 Å². The highest BCUT2D eigenvalue weighted by Crippen LogP contribution is 2.31. The maximum Gasteiger partial charge on any atom is 0.303 e. The van der Waals surface area contributed by atoms with E-state index in [1.807, 2.05) is 0 Å². The smallest absolute Gasteiger partial charge is 0.303 e. The number of hydrogen-bond donors (Lipinski definition) is 2. The summed E-state index contributed by atoms with van der Waals surface area (Å²) >= 11 is 0. The highest BCUT2D eigenvalue weighted by Gasteiger charge is 2.36. The molecule has 130 valence electrons. The molecule has 0 bridgehead atoms. The predicted molar refractivity (Wildman–Crippen MR) is 88.0 cm³/mol. The van der Waals surface area contributed by atoms with Gasteiger partial charge in [-0.2, -0.15) is 0 Å². The molecule has 22 heavy (non-hydrogen) atoms. The van der Waals surface area contributed by atoms with E-state index in [0.29, 0.717) is 25.2 Å². The van der Waals surface area contributed by atoms with Crippen molar-refractivity contribution >= 4 is 5.97 Å². The van der Waals surface area contributed by atoms with E-state index in [-0.39, 0.29) is 0 Å². The fourth-order valence-corrected chi connectivity index (χ4v) is 3.00. The minimum Gasteiger partial charge on any atom is -0.481 e. The van der Waals surface area contributed by atoms with Crippen LogP contribution in [0.3, 0.4) is 0 Å². The second kappa shape index (κ2) is 12.9. The van der Waals surface area contributed by atoms with Gasteiger partial charge in [-0.15, -0.1) is 0 Å². The summed E-state index contributed by atoms with van der Waals surface area (Å²) in [4.78, 5) is 10.4. The van der Waals surface area contributed by atoms with Gasteiger partial charge in [0.25, 0.3) is 0 Å². The minimum atomic E-state index is -0.678. The van der Waals surface area contributed by atoms with Crippen LogP contribution in [0.15, 0.2) is 0 Å². The molecule has 0 radical (unpaired) electrons. The highest BCUT2D eigenvalue weighted by molar-refractivity contribution is 5.66. The molecule has 0 aliphatic carbocycles. The fourth-order valence-electron chi connectivity index (χ4n) is 3.00. The molecule has 2 atom stereocenters. The van der Waals surface area contributed by atoms with Crippen LogP contribution in [0.5, 0.6) is 0 Å². The standard InChI is InChI=1S/C18H34O4/c19-15-11-7-2-1-4-8-12-16-17(22-16)13-9-5-3-6-10-14-18(20)21/h16-17,19H,1-15H2,(H,20,21)/t16-,17-/m1/s1. The van der Waals surface area contributed by atoms with Gasteiger partial charge in [-0.25, -0.2) is 0 Å². The zero-order valence-corrected chi connectivity index (χ0v) is 14.0. The van der Waals surface area contributed by atoms with Crippen LogP contribution >= 0.6 is 0 Å². The molecule has 1 aliphatic heterocycles. The zero-order valence-electron chi connectivity index (χ0n) is 14.0. The third-order valence-corrected chi connectivity index (χ3v) is 4.46. The van der Waals surface area contributed by atoms with Crippen molar-refractivity contribution in [1.29, 1.82) is 0 Å². The SMILES string of the molecule is O=C(O)CCCCCCC[C@H]1O[C@@H]1CCCCCCCCO. The van der Waals surface area contributed by atoms with Crippen LogP contribution in [-0.4, -0.2) is 35.0 Å². The second-order valence-electron chi connectivity index (χ2n) is 6.55. The number of aliphatic hydroxyl groups is 1. The molecule has 0 amide bonds. The zero-order chi connectivity index (χ0) is 16.0. The lowest BCUT2D eigenvalue weighted by Crippen LogP contribution is -1.95. The van der Waals surface area contributed by atoms with Gasteiger partial charge in [0.05, 0.1) is 12.2 Å². The van der Waals surface area contributed by atoms with Crippen LogP contribution < -0.4 is 0 Å². The number of rotatable bonds is 16. The van der Waals surface area contributed by atoms with E-state index in [2.05, 4.69) is 0 Å². The third kappa shape index (κ3) is 11.0. The van der Waals surface area contributed by atoms with Crippen molar-refractivity contribution in [3.63, 3.8) is 0 Å². The Hall–Kier alpha value is -0.610. The predicted octanol–water partition coefficient (Wildman–Crippen LogP) is 4.29. The number of unbranched alkanes of at least 4 members (excludes halogenated alkanes) is 9. The van der Waals surface area contributed by atoms with Gasteiger partial charge in [0.15, 0.2) is 0 Å². The Morgan fingerprint density at radius 3 is 1.68 bits per heavy atom. The summed E-state index contributed by atoms with van der Waals surface area (Å²) in [5.74, 6) is -0.678. The molecule has 1 aliphatic rings. The van der Waals surface area contributed by atoms with Gasteiger partial charge in [0.1, 0.15) is 0 Å². The lowest BCUT2D eigenvalue weighted by Gasteiger charge is -2.00. The summed E-state index contributed by atoms with van der Waals surface area (Å²) in [7, 11) is 0. The van der Waals surface area contributed by atoms with Crippen molar-refractivity contribution < 1.29 is 19.7 Å². The quantitative estimate of drug-likeness (QED) is 0.329. The molecule has 0 unspecified atom stereocenters. The Morgan fingerprint density at radius 2 is 1.18 bits per heavy atom. The highest BCUT2D eigenvalue weighted by atomic mass is 16.6.